The molecule has 0 bridgehead atoms. The van der Waals surface area contributed by atoms with Crippen molar-refractivity contribution in [1.82, 2.24) is 19.9 Å². The normalized spacial score (nSPS) is 14.1. The number of nitrogens with zero attached hydrogens (tertiary/aromatic N) is 5. The third-order valence-corrected chi connectivity index (χ3v) is 5.75. The summed E-state index contributed by atoms with van der Waals surface area (Å²) in [5.74, 6) is 0.906. The monoisotopic (exact) mass is 429 g/mol. The number of benzene rings is 1. The van der Waals surface area contributed by atoms with E-state index < -0.39 is 0 Å². The molecule has 0 atom stereocenters. The fourth-order valence-corrected chi connectivity index (χ4v) is 4.00. The van der Waals surface area contributed by atoms with E-state index in [1.54, 1.807) is 18.6 Å². The summed E-state index contributed by atoms with van der Waals surface area (Å²) in [7, 11) is 0. The minimum Gasteiger partial charge on any atom is -0.353 e. The van der Waals surface area contributed by atoms with Crippen LogP contribution in [0.5, 0.6) is 0 Å². The number of halogens is 1. The quantitative estimate of drug-likeness (QED) is 0.485. The first-order chi connectivity index (χ1) is 15.2. The van der Waals surface area contributed by atoms with Crippen LogP contribution in [0.3, 0.4) is 0 Å². The van der Waals surface area contributed by atoms with Crippen LogP contribution in [0.15, 0.2) is 73.2 Å². The SMILES string of the molecule is O=C(c1cc(-c2ccncc2)nc2ccccc12)N1CCN(c2ccc(Cl)cn2)CC1. The minimum atomic E-state index is 0.0256. The molecule has 6 nitrogen and oxygen atoms in total. The smallest absolute Gasteiger partial charge is 0.254 e. The topological polar surface area (TPSA) is 62.2 Å². The summed E-state index contributed by atoms with van der Waals surface area (Å²) >= 11 is 5.95. The number of amides is 1. The first-order valence-corrected chi connectivity index (χ1v) is 10.5. The van der Waals surface area contributed by atoms with E-state index in [9.17, 15) is 4.79 Å². The molecule has 0 N–H and O–H groups in total. The van der Waals surface area contributed by atoms with E-state index in [-0.39, 0.29) is 5.91 Å². The van der Waals surface area contributed by atoms with Crippen molar-refractivity contribution in [3.63, 3.8) is 0 Å². The van der Waals surface area contributed by atoms with Crippen LogP contribution in [0, 0.1) is 0 Å². The van der Waals surface area contributed by atoms with Gasteiger partial charge in [0.1, 0.15) is 5.82 Å². The number of fused-ring (bicyclic) bond motifs is 1. The van der Waals surface area contributed by atoms with Gasteiger partial charge in [-0.15, -0.1) is 0 Å². The fourth-order valence-electron chi connectivity index (χ4n) is 3.89. The van der Waals surface area contributed by atoms with Gasteiger partial charge in [-0.25, -0.2) is 9.97 Å². The van der Waals surface area contributed by atoms with Gasteiger partial charge in [0.25, 0.3) is 5.91 Å². The Bertz CT molecular complexity index is 1220. The highest BCUT2D eigenvalue weighted by Gasteiger charge is 2.25. The summed E-state index contributed by atoms with van der Waals surface area (Å²) in [4.78, 5) is 30.8. The van der Waals surface area contributed by atoms with Gasteiger partial charge < -0.3 is 9.80 Å². The fraction of sp³-hybridized carbons (Fsp3) is 0.167. The highest BCUT2D eigenvalue weighted by atomic mass is 35.5. The largest absolute Gasteiger partial charge is 0.353 e. The zero-order valence-corrected chi connectivity index (χ0v) is 17.5. The molecule has 0 radical (unpaired) electrons. The molecular weight excluding hydrogens is 410 g/mol. The zero-order valence-electron chi connectivity index (χ0n) is 16.8. The van der Waals surface area contributed by atoms with Crippen molar-refractivity contribution in [2.45, 2.75) is 0 Å². The number of anilines is 1. The standard InChI is InChI=1S/C24H20ClN5O/c25-18-5-6-23(27-16-18)29-11-13-30(14-12-29)24(31)20-15-22(17-7-9-26-10-8-17)28-21-4-2-1-3-19(20)21/h1-10,15-16H,11-14H2. The van der Waals surface area contributed by atoms with Gasteiger partial charge in [-0.3, -0.25) is 9.78 Å². The van der Waals surface area contributed by atoms with Crippen LogP contribution in [-0.4, -0.2) is 51.9 Å². The van der Waals surface area contributed by atoms with Crippen molar-refractivity contribution in [1.29, 1.82) is 0 Å². The Hall–Kier alpha value is -3.51. The summed E-state index contributed by atoms with van der Waals surface area (Å²) in [6.07, 6.45) is 5.12. The number of hydrogen-bond acceptors (Lipinski definition) is 5. The second-order valence-electron chi connectivity index (χ2n) is 7.42. The van der Waals surface area contributed by atoms with Crippen LogP contribution >= 0.6 is 11.6 Å². The Balaban J connectivity index is 1.43. The van der Waals surface area contributed by atoms with Crippen LogP contribution in [0.2, 0.25) is 5.02 Å². The zero-order chi connectivity index (χ0) is 21.2. The second kappa shape index (κ2) is 8.32. The first kappa shape index (κ1) is 19.5. The predicted molar refractivity (Wildman–Crippen MR) is 122 cm³/mol. The van der Waals surface area contributed by atoms with Crippen LogP contribution < -0.4 is 4.90 Å². The van der Waals surface area contributed by atoms with Crippen LogP contribution in [-0.2, 0) is 0 Å². The van der Waals surface area contributed by atoms with E-state index in [4.69, 9.17) is 16.6 Å². The van der Waals surface area contributed by atoms with Gasteiger partial charge in [-0.05, 0) is 36.4 Å². The van der Waals surface area contributed by atoms with Crippen LogP contribution in [0.4, 0.5) is 5.82 Å². The molecule has 3 aromatic heterocycles. The first-order valence-electron chi connectivity index (χ1n) is 10.1. The lowest BCUT2D eigenvalue weighted by Gasteiger charge is -2.35. The molecule has 1 aromatic carbocycles. The Kier molecular flexibility index (Phi) is 5.22. The second-order valence-corrected chi connectivity index (χ2v) is 7.86. The molecule has 0 saturated carbocycles. The lowest BCUT2D eigenvalue weighted by molar-refractivity contribution is 0.0748. The molecule has 7 heteroatoms. The molecule has 0 spiro atoms. The van der Waals surface area contributed by atoms with Gasteiger partial charge in [0.2, 0.25) is 0 Å². The van der Waals surface area contributed by atoms with Crippen LogP contribution in [0.1, 0.15) is 10.4 Å². The maximum absolute atomic E-state index is 13.5. The summed E-state index contributed by atoms with van der Waals surface area (Å²) in [5, 5.41) is 1.49. The third kappa shape index (κ3) is 3.94. The van der Waals surface area contributed by atoms with Gasteiger partial charge in [0.15, 0.2) is 0 Å². The average Bonchev–Trinajstić information content (AvgIpc) is 2.84. The van der Waals surface area contributed by atoms with Crippen LogP contribution in [0.25, 0.3) is 22.2 Å². The maximum Gasteiger partial charge on any atom is 0.254 e. The molecular formula is C24H20ClN5O. The predicted octanol–water partition coefficient (Wildman–Crippen LogP) is 4.31. The van der Waals surface area contributed by atoms with Crippen molar-refractivity contribution in [2.75, 3.05) is 31.1 Å². The van der Waals surface area contributed by atoms with E-state index in [0.29, 0.717) is 23.7 Å². The lowest BCUT2D eigenvalue weighted by Crippen LogP contribution is -2.49. The van der Waals surface area contributed by atoms with Crippen molar-refractivity contribution in [2.24, 2.45) is 0 Å². The Morgan fingerprint density at radius 2 is 1.71 bits per heavy atom. The molecule has 4 heterocycles. The highest BCUT2D eigenvalue weighted by molar-refractivity contribution is 6.30. The molecule has 1 fully saturated rings. The summed E-state index contributed by atoms with van der Waals surface area (Å²) in [5.41, 5.74) is 3.20. The van der Waals surface area contributed by atoms with Gasteiger partial charge in [0, 0.05) is 55.7 Å². The van der Waals surface area contributed by atoms with Crippen molar-refractivity contribution < 1.29 is 4.79 Å². The average molecular weight is 430 g/mol. The number of pyridine rings is 3. The van der Waals surface area contributed by atoms with E-state index in [0.717, 1.165) is 41.1 Å². The molecule has 1 saturated heterocycles. The number of para-hydroxylation sites is 1. The molecule has 5 rings (SSSR count). The van der Waals surface area contributed by atoms with Gasteiger partial charge >= 0.3 is 0 Å². The van der Waals surface area contributed by atoms with E-state index >= 15 is 0 Å². The number of carbonyl (C=O) groups excluding carboxylic acids is 1. The molecule has 4 aromatic rings. The summed E-state index contributed by atoms with van der Waals surface area (Å²) in [6.45, 7) is 2.70. The highest BCUT2D eigenvalue weighted by Crippen LogP contribution is 2.26. The third-order valence-electron chi connectivity index (χ3n) is 5.53. The minimum absolute atomic E-state index is 0.0256. The van der Waals surface area contributed by atoms with Crippen molar-refractivity contribution >= 4 is 34.2 Å². The van der Waals surface area contributed by atoms with Crippen molar-refractivity contribution in [3.8, 4) is 11.3 Å². The summed E-state index contributed by atoms with van der Waals surface area (Å²) < 4.78 is 0. The molecule has 1 aliphatic heterocycles. The molecule has 0 unspecified atom stereocenters. The Morgan fingerprint density at radius 1 is 0.935 bits per heavy atom. The van der Waals surface area contributed by atoms with Gasteiger partial charge in [0.05, 0.1) is 21.8 Å². The van der Waals surface area contributed by atoms with Gasteiger partial charge in [-0.1, -0.05) is 29.8 Å². The van der Waals surface area contributed by atoms with Crippen molar-refractivity contribution in [3.05, 3.63) is 83.8 Å². The van der Waals surface area contributed by atoms with Gasteiger partial charge in [-0.2, -0.15) is 0 Å². The van der Waals surface area contributed by atoms with E-state index in [2.05, 4.69) is 14.9 Å². The number of hydrogen-bond donors (Lipinski definition) is 0. The van der Waals surface area contributed by atoms with E-state index in [1.807, 2.05) is 59.5 Å². The Morgan fingerprint density at radius 3 is 2.45 bits per heavy atom. The molecule has 0 aliphatic carbocycles. The molecule has 154 valence electrons. The molecule has 31 heavy (non-hydrogen) atoms. The Labute approximate surface area is 185 Å². The lowest BCUT2D eigenvalue weighted by atomic mass is 10.0. The molecule has 1 aliphatic rings. The number of carbonyl (C=O) groups is 1. The van der Waals surface area contributed by atoms with E-state index in [1.165, 1.54) is 0 Å². The number of aromatic nitrogens is 3. The summed E-state index contributed by atoms with van der Waals surface area (Å²) in [6, 6.07) is 17.2. The molecule has 1 amide bonds. The maximum atomic E-state index is 13.5. The number of rotatable bonds is 3. The number of piperazine rings is 1.